The number of benzene rings is 3. The van der Waals surface area contributed by atoms with E-state index in [0.717, 1.165) is 11.1 Å². The lowest BCUT2D eigenvalue weighted by atomic mass is 10.0. The van der Waals surface area contributed by atoms with Gasteiger partial charge in [-0.1, -0.05) is 48.5 Å². The summed E-state index contributed by atoms with van der Waals surface area (Å²) in [5.41, 5.74) is 19.3. The highest BCUT2D eigenvalue weighted by Gasteiger charge is 2.16. The molecule has 6 N–H and O–H groups in total. The van der Waals surface area contributed by atoms with E-state index in [9.17, 15) is 4.79 Å². The van der Waals surface area contributed by atoms with E-state index < -0.39 is 0 Å². The molecule has 2 heterocycles. The third-order valence-corrected chi connectivity index (χ3v) is 5.43. The number of aromatic amines is 1. The van der Waals surface area contributed by atoms with Gasteiger partial charge in [0.15, 0.2) is 11.4 Å². The number of hydrogen-bond acceptors (Lipinski definition) is 7. The molecule has 0 saturated carbocycles. The summed E-state index contributed by atoms with van der Waals surface area (Å²) < 4.78 is 0. The minimum Gasteiger partial charge on any atom is -0.398 e. The molecule has 5 rings (SSSR count). The minimum atomic E-state index is -0.0583. The maximum absolute atomic E-state index is 11.7. The first kappa shape index (κ1) is 20.2. The van der Waals surface area contributed by atoms with Crippen LogP contribution in [0.1, 0.15) is 17.3 Å². The van der Waals surface area contributed by atoms with Gasteiger partial charge in [-0.15, -0.1) is 0 Å². The third-order valence-electron chi connectivity index (χ3n) is 5.43. The van der Waals surface area contributed by atoms with E-state index in [0.29, 0.717) is 51.0 Å². The number of fused-ring (bicyclic) bond motifs is 1. The quantitative estimate of drug-likeness (QED) is 0.230. The number of ketones is 1. The van der Waals surface area contributed by atoms with Crippen LogP contribution in [0.15, 0.2) is 73.1 Å². The molecule has 0 aliphatic carbocycles. The number of hydrogen-bond donors (Lipinski definition) is 4. The number of imidazole rings is 1. The summed E-state index contributed by atoms with van der Waals surface area (Å²) in [5.74, 6) is 0.283. The van der Waals surface area contributed by atoms with Crippen LogP contribution in [-0.2, 0) is 0 Å². The fourth-order valence-corrected chi connectivity index (χ4v) is 3.74. The van der Waals surface area contributed by atoms with Crippen molar-refractivity contribution in [3.05, 3.63) is 78.6 Å². The second-order valence-corrected chi connectivity index (χ2v) is 7.61. The normalized spacial score (nSPS) is 10.9. The predicted molar refractivity (Wildman–Crippen MR) is 131 cm³/mol. The SMILES string of the molecule is CC(=O)c1ccc(-c2nc(Nc3cccc(-c4ccccc4)c3N)nc3[nH]cnc23)c(N)c1. The average Bonchev–Trinajstić information content (AvgIpc) is 3.29. The fraction of sp³-hybridized carbons (Fsp3) is 0.0400. The Bertz CT molecular complexity index is 1490. The zero-order valence-electron chi connectivity index (χ0n) is 17.8. The van der Waals surface area contributed by atoms with Gasteiger partial charge in [0.05, 0.1) is 17.7 Å². The number of carbonyl (C=O) groups excluding carboxylic acids is 1. The van der Waals surface area contributed by atoms with Gasteiger partial charge >= 0.3 is 0 Å². The van der Waals surface area contributed by atoms with Crippen molar-refractivity contribution in [2.45, 2.75) is 6.92 Å². The largest absolute Gasteiger partial charge is 0.398 e. The average molecular weight is 435 g/mol. The number of anilines is 4. The van der Waals surface area contributed by atoms with Crippen molar-refractivity contribution in [1.82, 2.24) is 19.9 Å². The number of H-pyrrole nitrogens is 1. The molecule has 3 aromatic carbocycles. The first-order valence-electron chi connectivity index (χ1n) is 10.3. The lowest BCUT2D eigenvalue weighted by Crippen LogP contribution is -2.04. The van der Waals surface area contributed by atoms with Crippen molar-refractivity contribution >= 4 is 40.0 Å². The van der Waals surface area contributed by atoms with E-state index in [4.69, 9.17) is 16.5 Å². The Morgan fingerprint density at radius 1 is 0.939 bits per heavy atom. The van der Waals surface area contributed by atoms with E-state index in [2.05, 4.69) is 20.3 Å². The highest BCUT2D eigenvalue weighted by molar-refractivity contribution is 5.98. The molecule has 0 radical (unpaired) electrons. The maximum atomic E-state index is 11.7. The topological polar surface area (TPSA) is 136 Å². The van der Waals surface area contributed by atoms with Crippen LogP contribution in [0.5, 0.6) is 0 Å². The summed E-state index contributed by atoms with van der Waals surface area (Å²) in [4.78, 5) is 28.3. The summed E-state index contributed by atoms with van der Waals surface area (Å²) in [6.45, 7) is 1.50. The van der Waals surface area contributed by atoms with Crippen LogP contribution < -0.4 is 16.8 Å². The van der Waals surface area contributed by atoms with Gasteiger partial charge in [0, 0.05) is 22.4 Å². The Labute approximate surface area is 189 Å². The molecule has 8 nitrogen and oxygen atoms in total. The smallest absolute Gasteiger partial charge is 0.229 e. The fourth-order valence-electron chi connectivity index (χ4n) is 3.74. The van der Waals surface area contributed by atoms with E-state index in [1.807, 2.05) is 48.5 Å². The number of nitrogen functional groups attached to an aromatic ring is 2. The van der Waals surface area contributed by atoms with Crippen LogP contribution in [0.3, 0.4) is 0 Å². The van der Waals surface area contributed by atoms with Crippen LogP contribution >= 0.6 is 0 Å². The van der Waals surface area contributed by atoms with Crippen molar-refractivity contribution < 1.29 is 4.79 Å². The summed E-state index contributed by atoms with van der Waals surface area (Å²) in [5, 5.41) is 3.23. The number of Topliss-reactive ketones (excluding diaryl/α,β-unsaturated/α-hetero) is 1. The van der Waals surface area contributed by atoms with Gasteiger partial charge in [-0.25, -0.2) is 9.97 Å². The van der Waals surface area contributed by atoms with Crippen LogP contribution in [0.4, 0.5) is 23.0 Å². The molecule has 0 atom stereocenters. The maximum Gasteiger partial charge on any atom is 0.229 e. The molecule has 0 fully saturated rings. The molecule has 8 heteroatoms. The molecule has 2 aromatic heterocycles. The van der Waals surface area contributed by atoms with Gasteiger partial charge in [0.25, 0.3) is 0 Å². The number of carbonyl (C=O) groups is 1. The Morgan fingerprint density at radius 3 is 2.52 bits per heavy atom. The second-order valence-electron chi connectivity index (χ2n) is 7.61. The first-order valence-corrected chi connectivity index (χ1v) is 10.3. The molecule has 0 bridgehead atoms. The van der Waals surface area contributed by atoms with Gasteiger partial charge in [0.1, 0.15) is 11.2 Å². The second kappa shape index (κ2) is 8.08. The molecule has 162 valence electrons. The van der Waals surface area contributed by atoms with Gasteiger partial charge < -0.3 is 21.8 Å². The van der Waals surface area contributed by atoms with Crippen molar-refractivity contribution in [3.63, 3.8) is 0 Å². The van der Waals surface area contributed by atoms with Crippen molar-refractivity contribution in [2.24, 2.45) is 0 Å². The van der Waals surface area contributed by atoms with Crippen LogP contribution in [0.2, 0.25) is 0 Å². The van der Waals surface area contributed by atoms with Crippen molar-refractivity contribution in [2.75, 3.05) is 16.8 Å². The first-order chi connectivity index (χ1) is 16.0. The predicted octanol–water partition coefficient (Wildman–Crippen LogP) is 4.80. The highest BCUT2D eigenvalue weighted by atomic mass is 16.1. The molecule has 0 unspecified atom stereocenters. The van der Waals surface area contributed by atoms with Gasteiger partial charge in [0.2, 0.25) is 5.95 Å². The van der Waals surface area contributed by atoms with E-state index in [1.165, 1.54) is 6.92 Å². The summed E-state index contributed by atoms with van der Waals surface area (Å²) >= 11 is 0. The van der Waals surface area contributed by atoms with Crippen LogP contribution in [-0.4, -0.2) is 25.7 Å². The number of nitrogens with one attached hydrogen (secondary N) is 2. The van der Waals surface area contributed by atoms with E-state index in [-0.39, 0.29) is 5.78 Å². The molecular weight excluding hydrogens is 414 g/mol. The molecule has 0 saturated heterocycles. The lowest BCUT2D eigenvalue weighted by Gasteiger charge is -2.14. The lowest BCUT2D eigenvalue weighted by molar-refractivity contribution is 0.101. The zero-order chi connectivity index (χ0) is 22.9. The number of nitrogens with zero attached hydrogens (tertiary/aromatic N) is 3. The number of nitrogens with two attached hydrogens (primary N) is 2. The zero-order valence-corrected chi connectivity index (χ0v) is 17.8. The van der Waals surface area contributed by atoms with Gasteiger partial charge in [-0.3, -0.25) is 4.79 Å². The number of rotatable bonds is 5. The summed E-state index contributed by atoms with van der Waals surface area (Å²) in [7, 11) is 0. The number of aromatic nitrogens is 4. The van der Waals surface area contributed by atoms with E-state index >= 15 is 0 Å². The van der Waals surface area contributed by atoms with Gasteiger partial charge in [-0.05, 0) is 30.7 Å². The number of para-hydroxylation sites is 1. The standard InChI is InChI=1S/C25H21N7O/c1-14(33)16-10-11-18(19(26)12-16)22-23-24(29-13-28-23)32-25(31-22)30-20-9-5-8-17(21(20)27)15-6-3-2-4-7-15/h2-13H,26-27H2,1H3,(H2,28,29,30,31,32). The minimum absolute atomic E-state index is 0.0583. The Morgan fingerprint density at radius 2 is 1.76 bits per heavy atom. The molecule has 0 aliphatic heterocycles. The van der Waals surface area contributed by atoms with Gasteiger partial charge in [-0.2, -0.15) is 4.98 Å². The Hall–Kier alpha value is -4.72. The summed E-state index contributed by atoms with van der Waals surface area (Å²) in [6, 6.07) is 20.8. The molecule has 0 aliphatic rings. The molecule has 33 heavy (non-hydrogen) atoms. The third kappa shape index (κ3) is 3.74. The Kier molecular flexibility index (Phi) is 4.95. The molecule has 5 aromatic rings. The molecule has 0 amide bonds. The summed E-state index contributed by atoms with van der Waals surface area (Å²) in [6.07, 6.45) is 1.55. The Balaban J connectivity index is 1.59. The molecular formula is C25H21N7O. The highest BCUT2D eigenvalue weighted by Crippen LogP contribution is 2.34. The van der Waals surface area contributed by atoms with Crippen molar-refractivity contribution in [3.8, 4) is 22.4 Å². The molecule has 0 spiro atoms. The van der Waals surface area contributed by atoms with Crippen LogP contribution in [0.25, 0.3) is 33.5 Å². The van der Waals surface area contributed by atoms with Crippen molar-refractivity contribution in [1.29, 1.82) is 0 Å². The van der Waals surface area contributed by atoms with E-state index in [1.54, 1.807) is 24.5 Å². The monoisotopic (exact) mass is 435 g/mol. The van der Waals surface area contributed by atoms with Crippen LogP contribution in [0, 0.1) is 0 Å².